The van der Waals surface area contributed by atoms with Crippen molar-refractivity contribution in [3.05, 3.63) is 47.4 Å². The van der Waals surface area contributed by atoms with E-state index < -0.39 is 0 Å². The molecule has 1 aliphatic rings. The van der Waals surface area contributed by atoms with Crippen molar-refractivity contribution in [2.45, 2.75) is 33.6 Å². The van der Waals surface area contributed by atoms with Gasteiger partial charge in [-0.2, -0.15) is 0 Å². The van der Waals surface area contributed by atoms with Gasteiger partial charge in [0.05, 0.1) is 0 Å². The van der Waals surface area contributed by atoms with Gasteiger partial charge < -0.3 is 15.1 Å². The fourth-order valence-corrected chi connectivity index (χ4v) is 3.41. The summed E-state index contributed by atoms with van der Waals surface area (Å²) in [6.07, 6.45) is 1.42. The number of nitrogens with zero attached hydrogens (tertiary/aromatic N) is 4. The molecule has 1 saturated heterocycles. The van der Waals surface area contributed by atoms with Crippen LogP contribution in [-0.2, 0) is 4.79 Å². The van der Waals surface area contributed by atoms with Crippen LogP contribution in [0.25, 0.3) is 0 Å². The number of aryl methyl sites for hydroxylation is 1. The first-order valence-electron chi connectivity index (χ1n) is 9.60. The Bertz CT molecular complexity index is 873. The second-order valence-corrected chi connectivity index (χ2v) is 7.40. The van der Waals surface area contributed by atoms with Crippen LogP contribution in [0.2, 0.25) is 0 Å². The molecule has 0 atom stereocenters. The van der Waals surface area contributed by atoms with Crippen LogP contribution >= 0.6 is 0 Å². The molecule has 1 aliphatic heterocycles. The molecule has 0 radical (unpaired) electrons. The first kappa shape index (κ1) is 19.8. The van der Waals surface area contributed by atoms with E-state index in [1.54, 1.807) is 13.0 Å². The number of hydrogen-bond donors (Lipinski definition) is 1. The summed E-state index contributed by atoms with van der Waals surface area (Å²) in [6.45, 7) is 10.5. The van der Waals surface area contributed by atoms with E-state index in [2.05, 4.69) is 34.0 Å². The standard InChI is InChI=1S/C21H27N5O2/c1-14(2)17-7-5-6-15(3)20(17)24-21(28)18-12-19(23-13-22-18)26-10-8-25(9-11-26)16(4)27/h5-7,12-14H,8-11H2,1-4H3,(H,24,28). The number of amides is 2. The Labute approximate surface area is 165 Å². The van der Waals surface area contributed by atoms with Gasteiger partial charge in [-0.3, -0.25) is 9.59 Å². The van der Waals surface area contributed by atoms with Gasteiger partial charge in [-0.05, 0) is 24.0 Å². The lowest BCUT2D eigenvalue weighted by molar-refractivity contribution is -0.129. The Hall–Kier alpha value is -2.96. The second-order valence-electron chi connectivity index (χ2n) is 7.40. The zero-order chi connectivity index (χ0) is 20.3. The molecule has 28 heavy (non-hydrogen) atoms. The van der Waals surface area contributed by atoms with Gasteiger partial charge in [0.15, 0.2) is 0 Å². The third-order valence-corrected chi connectivity index (χ3v) is 5.10. The molecule has 7 heteroatoms. The average molecular weight is 381 g/mol. The van der Waals surface area contributed by atoms with Gasteiger partial charge in [-0.15, -0.1) is 0 Å². The van der Waals surface area contributed by atoms with Gasteiger partial charge in [0.1, 0.15) is 17.8 Å². The summed E-state index contributed by atoms with van der Waals surface area (Å²) in [6, 6.07) is 7.74. The molecular weight excluding hydrogens is 354 g/mol. The van der Waals surface area contributed by atoms with Crippen LogP contribution in [0.15, 0.2) is 30.6 Å². The smallest absolute Gasteiger partial charge is 0.274 e. The van der Waals surface area contributed by atoms with Crippen LogP contribution in [0.5, 0.6) is 0 Å². The van der Waals surface area contributed by atoms with Crippen molar-refractivity contribution in [3.8, 4) is 0 Å². The van der Waals surface area contributed by atoms with Gasteiger partial charge in [-0.25, -0.2) is 9.97 Å². The number of nitrogens with one attached hydrogen (secondary N) is 1. The van der Waals surface area contributed by atoms with Crippen molar-refractivity contribution >= 4 is 23.3 Å². The Kier molecular flexibility index (Phi) is 5.92. The molecule has 0 saturated carbocycles. The van der Waals surface area contributed by atoms with Crippen LogP contribution in [-0.4, -0.2) is 52.9 Å². The minimum Gasteiger partial charge on any atom is -0.353 e. The molecule has 7 nitrogen and oxygen atoms in total. The molecule has 0 unspecified atom stereocenters. The van der Waals surface area contributed by atoms with Gasteiger partial charge in [-0.1, -0.05) is 32.0 Å². The van der Waals surface area contributed by atoms with Gasteiger partial charge in [0.2, 0.25) is 5.91 Å². The molecule has 2 aromatic rings. The van der Waals surface area contributed by atoms with Gasteiger partial charge in [0.25, 0.3) is 5.91 Å². The molecular formula is C21H27N5O2. The SMILES string of the molecule is CC(=O)N1CCN(c2cc(C(=O)Nc3c(C)cccc3C(C)C)ncn2)CC1. The van der Waals surface area contributed by atoms with E-state index in [-0.39, 0.29) is 11.8 Å². The topological polar surface area (TPSA) is 78.4 Å². The van der Waals surface area contributed by atoms with E-state index in [0.717, 1.165) is 16.8 Å². The largest absolute Gasteiger partial charge is 0.353 e. The van der Waals surface area contributed by atoms with Crippen molar-refractivity contribution in [2.75, 3.05) is 36.4 Å². The van der Waals surface area contributed by atoms with Crippen LogP contribution in [0.4, 0.5) is 11.5 Å². The number of hydrogen-bond acceptors (Lipinski definition) is 5. The quantitative estimate of drug-likeness (QED) is 0.881. The number of aromatic nitrogens is 2. The van der Waals surface area contributed by atoms with Crippen LogP contribution < -0.4 is 10.2 Å². The van der Waals surface area contributed by atoms with E-state index in [1.807, 2.05) is 30.0 Å². The molecule has 0 aliphatic carbocycles. The monoisotopic (exact) mass is 381 g/mol. The maximum absolute atomic E-state index is 12.8. The number of piperazine rings is 1. The minimum atomic E-state index is -0.248. The molecule has 0 spiro atoms. The number of rotatable bonds is 4. The summed E-state index contributed by atoms with van der Waals surface area (Å²) in [5.74, 6) is 0.842. The van der Waals surface area contributed by atoms with Gasteiger partial charge >= 0.3 is 0 Å². The van der Waals surface area contributed by atoms with Crippen LogP contribution in [0, 0.1) is 6.92 Å². The molecule has 0 bridgehead atoms. The molecule has 148 valence electrons. The number of carbonyl (C=O) groups excluding carboxylic acids is 2. The van der Waals surface area contributed by atoms with Crippen molar-refractivity contribution < 1.29 is 9.59 Å². The van der Waals surface area contributed by atoms with Crippen molar-refractivity contribution in [1.82, 2.24) is 14.9 Å². The zero-order valence-corrected chi connectivity index (χ0v) is 16.9. The third-order valence-electron chi connectivity index (χ3n) is 5.10. The fourth-order valence-electron chi connectivity index (χ4n) is 3.41. The third kappa shape index (κ3) is 4.30. The predicted molar refractivity (Wildman–Crippen MR) is 110 cm³/mol. The molecule has 1 fully saturated rings. The van der Waals surface area contributed by atoms with E-state index in [4.69, 9.17) is 0 Å². The normalized spacial score (nSPS) is 14.3. The predicted octanol–water partition coefficient (Wildman–Crippen LogP) is 2.83. The Morgan fingerprint density at radius 1 is 1.11 bits per heavy atom. The molecule has 1 aromatic carbocycles. The molecule has 1 N–H and O–H groups in total. The summed E-state index contributed by atoms with van der Waals surface area (Å²) in [5, 5.41) is 3.03. The maximum Gasteiger partial charge on any atom is 0.274 e. The van der Waals surface area contributed by atoms with Crippen LogP contribution in [0.1, 0.15) is 48.3 Å². The lowest BCUT2D eigenvalue weighted by Gasteiger charge is -2.34. The first-order chi connectivity index (χ1) is 13.4. The number of benzene rings is 1. The lowest BCUT2D eigenvalue weighted by atomic mass is 9.98. The molecule has 2 amide bonds. The fraction of sp³-hybridized carbons (Fsp3) is 0.429. The van der Waals surface area contributed by atoms with E-state index in [1.165, 1.54) is 6.33 Å². The number of carbonyl (C=O) groups is 2. The highest BCUT2D eigenvalue weighted by atomic mass is 16.2. The minimum absolute atomic E-state index is 0.0848. The first-order valence-corrected chi connectivity index (χ1v) is 9.60. The Morgan fingerprint density at radius 3 is 2.46 bits per heavy atom. The molecule has 3 rings (SSSR count). The second kappa shape index (κ2) is 8.37. The van der Waals surface area contributed by atoms with Gasteiger partial charge in [0, 0.05) is 44.9 Å². The molecule has 1 aromatic heterocycles. The number of para-hydroxylation sites is 1. The summed E-state index contributed by atoms with van der Waals surface area (Å²) < 4.78 is 0. The van der Waals surface area contributed by atoms with E-state index >= 15 is 0 Å². The van der Waals surface area contributed by atoms with E-state index in [0.29, 0.717) is 43.6 Å². The number of anilines is 2. The summed E-state index contributed by atoms with van der Waals surface area (Å²) in [4.78, 5) is 36.7. The zero-order valence-electron chi connectivity index (χ0n) is 16.9. The lowest BCUT2D eigenvalue weighted by Crippen LogP contribution is -2.48. The van der Waals surface area contributed by atoms with Crippen LogP contribution in [0.3, 0.4) is 0 Å². The molecule has 2 heterocycles. The van der Waals surface area contributed by atoms with Crippen molar-refractivity contribution in [3.63, 3.8) is 0 Å². The highest BCUT2D eigenvalue weighted by Gasteiger charge is 2.21. The highest BCUT2D eigenvalue weighted by molar-refractivity contribution is 6.04. The Balaban J connectivity index is 1.76. The Morgan fingerprint density at radius 2 is 1.82 bits per heavy atom. The average Bonchev–Trinajstić information content (AvgIpc) is 2.69. The summed E-state index contributed by atoms with van der Waals surface area (Å²) in [7, 11) is 0. The highest BCUT2D eigenvalue weighted by Crippen LogP contribution is 2.28. The van der Waals surface area contributed by atoms with Crippen molar-refractivity contribution in [2.24, 2.45) is 0 Å². The summed E-state index contributed by atoms with van der Waals surface area (Å²) >= 11 is 0. The van der Waals surface area contributed by atoms with E-state index in [9.17, 15) is 9.59 Å². The summed E-state index contributed by atoms with van der Waals surface area (Å²) in [5.41, 5.74) is 3.30. The maximum atomic E-state index is 12.8. The van der Waals surface area contributed by atoms with Crippen molar-refractivity contribution in [1.29, 1.82) is 0 Å².